The molecule has 1 aromatic rings. The summed E-state index contributed by atoms with van der Waals surface area (Å²) in [5.74, 6) is -0.0486. The third kappa shape index (κ3) is 3.35. The minimum absolute atomic E-state index is 0.0150. The van der Waals surface area contributed by atoms with Crippen molar-refractivity contribution in [3.63, 3.8) is 0 Å². The first-order valence-electron chi connectivity index (χ1n) is 6.91. The van der Waals surface area contributed by atoms with Crippen LogP contribution >= 0.6 is 0 Å². The summed E-state index contributed by atoms with van der Waals surface area (Å²) >= 11 is 0. The average molecular weight is 266 g/mol. The molecule has 5 nitrogen and oxygen atoms in total. The number of methoxy groups -OCH3 is 1. The van der Waals surface area contributed by atoms with Crippen LogP contribution in [0.4, 0.5) is 0 Å². The van der Waals surface area contributed by atoms with E-state index in [4.69, 9.17) is 9.47 Å². The summed E-state index contributed by atoms with van der Waals surface area (Å²) in [6.07, 6.45) is 3.90. The largest absolute Gasteiger partial charge is 0.455 e. The van der Waals surface area contributed by atoms with Crippen molar-refractivity contribution in [3.05, 3.63) is 17.5 Å². The van der Waals surface area contributed by atoms with Gasteiger partial charge in [-0.3, -0.25) is 5.10 Å². The molecular weight excluding hydrogens is 244 g/mol. The lowest BCUT2D eigenvalue weighted by atomic mass is 9.94. The van der Waals surface area contributed by atoms with Crippen molar-refractivity contribution in [2.24, 2.45) is 0 Å². The third-order valence-corrected chi connectivity index (χ3v) is 3.63. The molecule has 1 fully saturated rings. The smallest absolute Gasteiger partial charge is 0.359 e. The number of H-pyrrole nitrogens is 1. The lowest BCUT2D eigenvalue weighted by Crippen LogP contribution is -2.35. The second kappa shape index (κ2) is 6.19. The summed E-state index contributed by atoms with van der Waals surface area (Å²) in [6.45, 7) is 4.09. The molecule has 0 aliphatic heterocycles. The molecule has 0 aromatic carbocycles. The van der Waals surface area contributed by atoms with Gasteiger partial charge < -0.3 is 9.47 Å². The SMILES string of the molecule is COC1CCCCC1OC(=O)c1cc(C(C)C)[nH]n1. The van der Waals surface area contributed by atoms with Crippen molar-refractivity contribution in [3.8, 4) is 0 Å². The number of esters is 1. The van der Waals surface area contributed by atoms with Crippen molar-refractivity contribution < 1.29 is 14.3 Å². The predicted molar refractivity (Wildman–Crippen MR) is 71.1 cm³/mol. The number of nitrogens with one attached hydrogen (secondary N) is 1. The maximum atomic E-state index is 12.1. The van der Waals surface area contributed by atoms with Gasteiger partial charge in [-0.2, -0.15) is 5.10 Å². The van der Waals surface area contributed by atoms with Crippen LogP contribution in [0.15, 0.2) is 6.07 Å². The van der Waals surface area contributed by atoms with Crippen molar-refractivity contribution in [1.82, 2.24) is 10.2 Å². The minimum Gasteiger partial charge on any atom is -0.455 e. The first-order chi connectivity index (χ1) is 9.11. The maximum absolute atomic E-state index is 12.1. The zero-order chi connectivity index (χ0) is 13.8. The van der Waals surface area contributed by atoms with Gasteiger partial charge in [-0.1, -0.05) is 20.3 Å². The molecule has 106 valence electrons. The maximum Gasteiger partial charge on any atom is 0.359 e. The van der Waals surface area contributed by atoms with Crippen LogP contribution in [0.2, 0.25) is 0 Å². The molecule has 2 rings (SSSR count). The number of aromatic nitrogens is 2. The lowest BCUT2D eigenvalue weighted by molar-refractivity contribution is -0.0542. The molecule has 1 aromatic heterocycles. The van der Waals surface area contributed by atoms with Gasteiger partial charge in [0.15, 0.2) is 5.69 Å². The highest BCUT2D eigenvalue weighted by atomic mass is 16.6. The second-order valence-electron chi connectivity index (χ2n) is 5.37. The Kier molecular flexibility index (Phi) is 4.58. The summed E-state index contributed by atoms with van der Waals surface area (Å²) < 4.78 is 10.9. The van der Waals surface area contributed by atoms with Crippen LogP contribution in [-0.4, -0.2) is 35.5 Å². The highest BCUT2D eigenvalue weighted by Gasteiger charge is 2.29. The Morgan fingerprint density at radius 2 is 2.05 bits per heavy atom. The van der Waals surface area contributed by atoms with Gasteiger partial charge in [0.25, 0.3) is 0 Å². The van der Waals surface area contributed by atoms with E-state index >= 15 is 0 Å². The van der Waals surface area contributed by atoms with Gasteiger partial charge in [-0.15, -0.1) is 0 Å². The Morgan fingerprint density at radius 3 is 2.63 bits per heavy atom. The van der Waals surface area contributed by atoms with E-state index in [1.807, 2.05) is 13.8 Å². The fourth-order valence-electron chi connectivity index (χ4n) is 2.40. The van der Waals surface area contributed by atoms with E-state index in [2.05, 4.69) is 10.2 Å². The zero-order valence-electron chi connectivity index (χ0n) is 11.8. The first-order valence-corrected chi connectivity index (χ1v) is 6.91. The molecule has 1 N–H and O–H groups in total. The summed E-state index contributed by atoms with van der Waals surface area (Å²) in [6, 6.07) is 1.76. The van der Waals surface area contributed by atoms with E-state index in [0.717, 1.165) is 31.4 Å². The highest BCUT2D eigenvalue weighted by molar-refractivity contribution is 5.87. The molecule has 1 aliphatic carbocycles. The Hall–Kier alpha value is -1.36. The Labute approximate surface area is 113 Å². The molecule has 1 heterocycles. The van der Waals surface area contributed by atoms with Crippen LogP contribution in [0, 0.1) is 0 Å². The van der Waals surface area contributed by atoms with E-state index < -0.39 is 0 Å². The van der Waals surface area contributed by atoms with Gasteiger partial charge in [-0.05, 0) is 31.2 Å². The molecule has 19 heavy (non-hydrogen) atoms. The number of aromatic amines is 1. The molecule has 5 heteroatoms. The number of hydrogen-bond acceptors (Lipinski definition) is 4. The molecular formula is C14H22N2O3. The number of carbonyl (C=O) groups is 1. The first kappa shape index (κ1) is 14.1. The number of rotatable bonds is 4. The molecule has 2 unspecified atom stereocenters. The van der Waals surface area contributed by atoms with E-state index in [9.17, 15) is 4.79 Å². The van der Waals surface area contributed by atoms with E-state index in [1.165, 1.54) is 0 Å². The minimum atomic E-state index is -0.364. The van der Waals surface area contributed by atoms with Gasteiger partial charge >= 0.3 is 5.97 Å². The van der Waals surface area contributed by atoms with E-state index in [1.54, 1.807) is 13.2 Å². The fraction of sp³-hybridized carbons (Fsp3) is 0.714. The third-order valence-electron chi connectivity index (χ3n) is 3.63. The molecule has 1 aliphatic rings. The van der Waals surface area contributed by atoms with Gasteiger partial charge in [0.1, 0.15) is 6.10 Å². The summed E-state index contributed by atoms with van der Waals surface area (Å²) in [7, 11) is 1.67. The van der Waals surface area contributed by atoms with E-state index in [0.29, 0.717) is 11.6 Å². The average Bonchev–Trinajstić information content (AvgIpc) is 2.89. The number of hydrogen-bond donors (Lipinski definition) is 1. The molecule has 0 radical (unpaired) electrons. The number of nitrogens with zero attached hydrogens (tertiary/aromatic N) is 1. The molecule has 0 spiro atoms. The molecule has 1 saturated carbocycles. The topological polar surface area (TPSA) is 64.2 Å². The van der Waals surface area contributed by atoms with Crippen LogP contribution in [0.1, 0.15) is 61.6 Å². The molecule has 2 atom stereocenters. The van der Waals surface area contributed by atoms with Gasteiger partial charge in [0.05, 0.1) is 6.10 Å². The van der Waals surface area contributed by atoms with Crippen molar-refractivity contribution in [2.75, 3.05) is 7.11 Å². The quantitative estimate of drug-likeness (QED) is 0.851. The fourth-order valence-corrected chi connectivity index (χ4v) is 2.40. The lowest BCUT2D eigenvalue weighted by Gasteiger charge is -2.29. The standard InChI is InChI=1S/C14H22N2O3/c1-9(2)10-8-11(16-15-10)14(17)19-13-7-5-4-6-12(13)18-3/h8-9,12-13H,4-7H2,1-3H3,(H,15,16). The number of carbonyl (C=O) groups excluding carboxylic acids is 1. The van der Waals surface area contributed by atoms with Crippen LogP contribution in [0.3, 0.4) is 0 Å². The van der Waals surface area contributed by atoms with Crippen LogP contribution in [-0.2, 0) is 9.47 Å². The Bertz CT molecular complexity index is 428. The van der Waals surface area contributed by atoms with Crippen LogP contribution in [0.5, 0.6) is 0 Å². The summed E-state index contributed by atoms with van der Waals surface area (Å²) in [5, 5.41) is 6.88. The van der Waals surface area contributed by atoms with Crippen molar-refractivity contribution >= 4 is 5.97 Å². The Morgan fingerprint density at radius 1 is 1.37 bits per heavy atom. The normalized spacial score (nSPS) is 23.6. The monoisotopic (exact) mass is 266 g/mol. The van der Waals surface area contributed by atoms with Crippen LogP contribution in [0.25, 0.3) is 0 Å². The second-order valence-corrected chi connectivity index (χ2v) is 5.37. The van der Waals surface area contributed by atoms with Crippen molar-refractivity contribution in [2.45, 2.75) is 57.7 Å². The Balaban J connectivity index is 1.99. The van der Waals surface area contributed by atoms with Crippen LogP contribution < -0.4 is 0 Å². The molecule has 0 bridgehead atoms. The summed E-state index contributed by atoms with van der Waals surface area (Å²) in [5.41, 5.74) is 1.29. The van der Waals surface area contributed by atoms with Crippen molar-refractivity contribution in [1.29, 1.82) is 0 Å². The molecule has 0 saturated heterocycles. The highest BCUT2D eigenvalue weighted by Crippen LogP contribution is 2.24. The van der Waals surface area contributed by atoms with Gasteiger partial charge in [0.2, 0.25) is 0 Å². The summed E-state index contributed by atoms with van der Waals surface area (Å²) in [4.78, 5) is 12.1. The van der Waals surface area contributed by atoms with E-state index in [-0.39, 0.29) is 18.2 Å². The number of ether oxygens (including phenoxy) is 2. The molecule has 0 amide bonds. The zero-order valence-corrected chi connectivity index (χ0v) is 11.8. The van der Waals surface area contributed by atoms with Gasteiger partial charge in [-0.25, -0.2) is 4.79 Å². The van der Waals surface area contributed by atoms with Gasteiger partial charge in [0, 0.05) is 12.8 Å². The predicted octanol–water partition coefficient (Wildman–Crippen LogP) is 2.65.